The number of hydrogen-bond donors (Lipinski definition) is 3. The number of hydrogen-bond acceptors (Lipinski definition) is 4. The molecule has 26 heavy (non-hydrogen) atoms. The molecule has 0 aromatic heterocycles. The van der Waals surface area contributed by atoms with Crippen molar-refractivity contribution in [3.8, 4) is 0 Å². The van der Waals surface area contributed by atoms with Crippen molar-refractivity contribution < 1.29 is 14.3 Å². The molecule has 3 N–H and O–H groups in total. The molecule has 2 amide bonds. The Hall–Kier alpha value is -1.26. The van der Waals surface area contributed by atoms with Gasteiger partial charge >= 0.3 is 6.09 Å². The zero-order valence-electron chi connectivity index (χ0n) is 16.4. The van der Waals surface area contributed by atoms with Gasteiger partial charge in [-0.3, -0.25) is 9.79 Å². The van der Waals surface area contributed by atoms with E-state index in [-0.39, 0.29) is 29.9 Å². The monoisotopic (exact) mass is 483 g/mol. The molecule has 1 fully saturated rings. The van der Waals surface area contributed by atoms with Crippen molar-refractivity contribution in [2.24, 2.45) is 4.99 Å². The van der Waals surface area contributed by atoms with Gasteiger partial charge in [-0.1, -0.05) is 0 Å². The van der Waals surface area contributed by atoms with Crippen molar-refractivity contribution in [2.75, 3.05) is 39.3 Å². The summed E-state index contributed by atoms with van der Waals surface area (Å²) in [5, 5.41) is 9.02. The highest BCUT2D eigenvalue weighted by atomic mass is 127. The number of carbonyl (C=O) groups is 2. The third-order valence-corrected chi connectivity index (χ3v) is 3.46. The number of rotatable bonds is 8. The van der Waals surface area contributed by atoms with Gasteiger partial charge in [-0.2, -0.15) is 0 Å². The van der Waals surface area contributed by atoms with Crippen molar-refractivity contribution in [3.05, 3.63) is 0 Å². The minimum absolute atomic E-state index is 0. The van der Waals surface area contributed by atoms with Gasteiger partial charge in [-0.25, -0.2) is 4.79 Å². The van der Waals surface area contributed by atoms with E-state index in [1.165, 1.54) is 0 Å². The second-order valence-corrected chi connectivity index (χ2v) is 6.95. The van der Waals surface area contributed by atoms with Crippen LogP contribution in [0.4, 0.5) is 4.79 Å². The molecule has 1 aliphatic rings. The highest BCUT2D eigenvalue weighted by Gasteiger charge is 2.19. The number of ether oxygens (including phenoxy) is 1. The number of alkyl carbamates (subject to hydrolysis) is 1. The van der Waals surface area contributed by atoms with Crippen LogP contribution in [0, 0.1) is 0 Å². The average Bonchev–Trinajstić information content (AvgIpc) is 2.91. The van der Waals surface area contributed by atoms with Gasteiger partial charge in [0.15, 0.2) is 5.96 Å². The van der Waals surface area contributed by atoms with Gasteiger partial charge in [0, 0.05) is 45.7 Å². The van der Waals surface area contributed by atoms with E-state index in [9.17, 15) is 9.59 Å². The Balaban J connectivity index is 0.00000625. The molecule has 0 spiro atoms. The molecule has 1 saturated heterocycles. The van der Waals surface area contributed by atoms with Crippen LogP contribution in [0.15, 0.2) is 4.99 Å². The van der Waals surface area contributed by atoms with Crippen LogP contribution in [0.25, 0.3) is 0 Å². The van der Waals surface area contributed by atoms with E-state index in [1.807, 2.05) is 32.6 Å². The summed E-state index contributed by atoms with van der Waals surface area (Å²) in [5.74, 6) is 0.962. The largest absolute Gasteiger partial charge is 0.444 e. The van der Waals surface area contributed by atoms with Crippen molar-refractivity contribution >= 4 is 41.9 Å². The predicted octanol–water partition coefficient (Wildman–Crippen LogP) is 1.70. The van der Waals surface area contributed by atoms with Crippen LogP contribution >= 0.6 is 24.0 Å². The Morgan fingerprint density at radius 1 is 1.23 bits per heavy atom. The Bertz CT molecular complexity index is 466. The van der Waals surface area contributed by atoms with Crippen molar-refractivity contribution in [3.63, 3.8) is 0 Å². The lowest BCUT2D eigenvalue weighted by Crippen LogP contribution is -2.42. The smallest absolute Gasteiger partial charge is 0.407 e. The molecule has 1 rings (SSSR count). The lowest BCUT2D eigenvalue weighted by molar-refractivity contribution is -0.127. The summed E-state index contributed by atoms with van der Waals surface area (Å²) in [7, 11) is 0. The first-order valence-electron chi connectivity index (χ1n) is 9.08. The lowest BCUT2D eigenvalue weighted by atomic mass is 10.2. The van der Waals surface area contributed by atoms with E-state index in [4.69, 9.17) is 4.74 Å². The average molecular weight is 483 g/mol. The van der Waals surface area contributed by atoms with Gasteiger partial charge in [0.05, 0.1) is 0 Å². The lowest BCUT2D eigenvalue weighted by Gasteiger charge is -2.20. The van der Waals surface area contributed by atoms with Gasteiger partial charge in [0.25, 0.3) is 0 Å². The number of guanidine groups is 1. The molecule has 8 nitrogen and oxygen atoms in total. The predicted molar refractivity (Wildman–Crippen MR) is 114 cm³/mol. The van der Waals surface area contributed by atoms with Crippen LogP contribution in [-0.2, 0) is 9.53 Å². The minimum Gasteiger partial charge on any atom is -0.444 e. The summed E-state index contributed by atoms with van der Waals surface area (Å²) in [6, 6.07) is 0. The zero-order valence-corrected chi connectivity index (χ0v) is 18.7. The normalized spacial score (nSPS) is 14.7. The molecule has 1 heterocycles. The molecule has 0 aliphatic carbocycles. The Morgan fingerprint density at radius 2 is 1.92 bits per heavy atom. The molecule has 0 saturated carbocycles. The summed E-state index contributed by atoms with van der Waals surface area (Å²) < 4.78 is 5.17. The molecule has 0 aromatic carbocycles. The topological polar surface area (TPSA) is 95.1 Å². The van der Waals surface area contributed by atoms with Crippen LogP contribution in [0.2, 0.25) is 0 Å². The summed E-state index contributed by atoms with van der Waals surface area (Å²) >= 11 is 0. The van der Waals surface area contributed by atoms with E-state index >= 15 is 0 Å². The maximum Gasteiger partial charge on any atom is 0.407 e. The second-order valence-electron chi connectivity index (χ2n) is 6.95. The molecular formula is C17H34IN5O3. The fourth-order valence-electron chi connectivity index (χ4n) is 2.39. The first kappa shape index (κ1) is 24.7. The Kier molecular flexibility index (Phi) is 12.4. The summed E-state index contributed by atoms with van der Waals surface area (Å²) in [5.41, 5.74) is -0.495. The SMILES string of the molecule is CCNC(=NCCCN1CCCC1=O)NCCNC(=O)OC(C)(C)C.I. The first-order valence-corrected chi connectivity index (χ1v) is 9.08. The van der Waals surface area contributed by atoms with Gasteiger partial charge in [-0.05, 0) is 40.5 Å². The van der Waals surface area contributed by atoms with E-state index in [0.29, 0.717) is 32.0 Å². The molecule has 9 heteroatoms. The van der Waals surface area contributed by atoms with E-state index in [1.54, 1.807) is 0 Å². The molecule has 0 unspecified atom stereocenters. The maximum absolute atomic E-state index is 11.6. The summed E-state index contributed by atoms with van der Waals surface area (Å²) in [4.78, 5) is 29.5. The molecular weight excluding hydrogens is 449 g/mol. The molecule has 1 aliphatic heterocycles. The quantitative estimate of drug-likeness (QED) is 0.212. The third-order valence-electron chi connectivity index (χ3n) is 3.46. The standard InChI is InChI=1S/C17H33N5O3.HI/c1-5-18-15(19-9-7-13-22-12-6-8-14(22)23)20-10-11-21-16(24)25-17(2,3)4;/h5-13H2,1-4H3,(H,21,24)(H2,18,19,20);1H. The molecule has 152 valence electrons. The zero-order chi connectivity index (χ0) is 18.7. The molecule has 0 aromatic rings. The van der Waals surface area contributed by atoms with Gasteiger partial charge in [-0.15, -0.1) is 24.0 Å². The van der Waals surface area contributed by atoms with Crippen LogP contribution in [-0.4, -0.2) is 67.7 Å². The minimum atomic E-state index is -0.495. The molecule has 0 atom stereocenters. The summed E-state index contributed by atoms with van der Waals surface area (Å²) in [6.07, 6.45) is 2.07. The maximum atomic E-state index is 11.6. The number of carbonyl (C=O) groups excluding carboxylic acids is 2. The van der Waals surface area contributed by atoms with Crippen LogP contribution < -0.4 is 16.0 Å². The number of nitrogens with zero attached hydrogens (tertiary/aromatic N) is 2. The third kappa shape index (κ3) is 11.4. The fraction of sp³-hybridized carbons (Fsp3) is 0.824. The molecule has 0 radical (unpaired) electrons. The fourth-order valence-corrected chi connectivity index (χ4v) is 2.39. The highest BCUT2D eigenvalue weighted by Crippen LogP contribution is 2.09. The molecule has 0 bridgehead atoms. The van der Waals surface area contributed by atoms with E-state index in [2.05, 4.69) is 20.9 Å². The summed E-state index contributed by atoms with van der Waals surface area (Å²) in [6.45, 7) is 11.5. The Morgan fingerprint density at radius 3 is 2.50 bits per heavy atom. The second kappa shape index (κ2) is 13.0. The number of halogens is 1. The van der Waals surface area contributed by atoms with E-state index < -0.39 is 11.7 Å². The number of likely N-dealkylation sites (tertiary alicyclic amines) is 1. The van der Waals surface area contributed by atoms with Crippen LogP contribution in [0.3, 0.4) is 0 Å². The first-order chi connectivity index (χ1) is 11.8. The van der Waals surface area contributed by atoms with Gasteiger partial charge in [0.2, 0.25) is 5.91 Å². The van der Waals surface area contributed by atoms with Crippen molar-refractivity contribution in [2.45, 2.75) is 52.6 Å². The number of aliphatic imine (C=N–C) groups is 1. The number of nitrogens with one attached hydrogen (secondary N) is 3. The van der Waals surface area contributed by atoms with Crippen LogP contribution in [0.5, 0.6) is 0 Å². The van der Waals surface area contributed by atoms with Crippen molar-refractivity contribution in [1.82, 2.24) is 20.9 Å². The van der Waals surface area contributed by atoms with Gasteiger partial charge in [0.1, 0.15) is 5.60 Å². The van der Waals surface area contributed by atoms with Crippen LogP contribution in [0.1, 0.15) is 47.0 Å². The number of amides is 2. The van der Waals surface area contributed by atoms with E-state index in [0.717, 1.165) is 32.5 Å². The highest BCUT2D eigenvalue weighted by molar-refractivity contribution is 14.0. The Labute approximate surface area is 173 Å². The van der Waals surface area contributed by atoms with Gasteiger partial charge < -0.3 is 25.6 Å². The van der Waals surface area contributed by atoms with Crippen molar-refractivity contribution in [1.29, 1.82) is 0 Å².